The highest BCUT2D eigenvalue weighted by atomic mass is 15.3. The Morgan fingerprint density at radius 3 is 2.03 bits per heavy atom. The van der Waals surface area contributed by atoms with E-state index >= 15 is 0 Å². The SMILES string of the molecule is C=C(C)/C(N)=C\NC(CCC)CCC.CC.CC.CCc1cc(N2CC3CCC(C2)N3C)ccc1N. The molecule has 2 heterocycles. The Labute approximate surface area is 224 Å². The number of anilines is 2. The van der Waals surface area contributed by atoms with Gasteiger partial charge in [-0.3, -0.25) is 4.90 Å². The standard InChI is InChI=1S/C15H23N3.C12H24N2.2C2H6/c1-3-11-8-12(6-7-15(11)16)18-9-13-4-5-14(10-18)17(13)2;1-5-7-11(8-6-2)14-9-12(13)10(3)4;2*1-2/h6-8,13-14H,3-5,9-10,16H2,1-2H3;9,11,14H,3,5-8,13H2,1-2,4H3;2*1-2H3/b;12-9+;;. The van der Waals surface area contributed by atoms with E-state index < -0.39 is 0 Å². The maximum absolute atomic E-state index is 5.99. The van der Waals surface area contributed by atoms with E-state index in [-0.39, 0.29) is 0 Å². The lowest BCUT2D eigenvalue weighted by Crippen LogP contribution is -2.52. The summed E-state index contributed by atoms with van der Waals surface area (Å²) in [5.41, 5.74) is 17.0. The second-order valence-corrected chi connectivity index (χ2v) is 9.51. The molecule has 1 aromatic carbocycles. The minimum atomic E-state index is 0.558. The third-order valence-corrected chi connectivity index (χ3v) is 6.96. The van der Waals surface area contributed by atoms with Crippen molar-refractivity contribution in [3.63, 3.8) is 0 Å². The minimum Gasteiger partial charge on any atom is -0.399 e. The third kappa shape index (κ3) is 10.9. The monoisotopic (exact) mass is 501 g/mol. The molecule has 208 valence electrons. The molecule has 2 fully saturated rings. The van der Waals surface area contributed by atoms with Crippen molar-refractivity contribution in [2.45, 2.75) is 118 Å². The van der Waals surface area contributed by atoms with Crippen molar-refractivity contribution >= 4 is 11.4 Å². The molecule has 2 aliphatic rings. The van der Waals surface area contributed by atoms with E-state index in [0.29, 0.717) is 6.04 Å². The third-order valence-electron chi connectivity index (χ3n) is 6.96. The summed E-state index contributed by atoms with van der Waals surface area (Å²) in [5, 5.41) is 3.35. The van der Waals surface area contributed by atoms with Crippen LogP contribution < -0.4 is 21.7 Å². The topological polar surface area (TPSA) is 70.5 Å². The van der Waals surface area contributed by atoms with Crippen LogP contribution >= 0.6 is 0 Å². The molecule has 2 saturated heterocycles. The van der Waals surface area contributed by atoms with Crippen molar-refractivity contribution in [2.24, 2.45) is 5.73 Å². The van der Waals surface area contributed by atoms with E-state index in [9.17, 15) is 0 Å². The summed E-state index contributed by atoms with van der Waals surface area (Å²) in [5.74, 6) is 0. The van der Waals surface area contributed by atoms with Gasteiger partial charge in [-0.15, -0.1) is 0 Å². The van der Waals surface area contributed by atoms with E-state index in [0.717, 1.165) is 35.5 Å². The summed E-state index contributed by atoms with van der Waals surface area (Å²) < 4.78 is 0. The molecule has 2 atom stereocenters. The summed E-state index contributed by atoms with van der Waals surface area (Å²) in [7, 11) is 2.28. The van der Waals surface area contributed by atoms with Crippen LogP contribution in [-0.4, -0.2) is 43.2 Å². The number of nitrogens with two attached hydrogens (primary N) is 2. The van der Waals surface area contributed by atoms with Gasteiger partial charge in [-0.2, -0.15) is 0 Å². The van der Waals surface area contributed by atoms with Gasteiger partial charge in [0.05, 0.1) is 0 Å². The Morgan fingerprint density at radius 1 is 1.06 bits per heavy atom. The Hall–Kier alpha value is -2.14. The lowest BCUT2D eigenvalue weighted by Gasteiger charge is -2.40. The lowest BCUT2D eigenvalue weighted by molar-refractivity contribution is 0.212. The van der Waals surface area contributed by atoms with Crippen LogP contribution in [0.5, 0.6) is 0 Å². The van der Waals surface area contributed by atoms with Gasteiger partial charge in [-0.25, -0.2) is 0 Å². The first-order valence-corrected chi connectivity index (χ1v) is 14.5. The average molecular weight is 502 g/mol. The van der Waals surface area contributed by atoms with Gasteiger partial charge in [0, 0.05) is 54.5 Å². The van der Waals surface area contributed by atoms with Gasteiger partial charge in [0.2, 0.25) is 0 Å². The van der Waals surface area contributed by atoms with Crippen molar-refractivity contribution in [1.29, 1.82) is 0 Å². The van der Waals surface area contributed by atoms with Gasteiger partial charge < -0.3 is 21.7 Å². The Balaban J connectivity index is 0.000000616. The Morgan fingerprint density at radius 2 is 1.58 bits per heavy atom. The summed E-state index contributed by atoms with van der Waals surface area (Å²) in [6, 6.07) is 8.56. The molecule has 0 saturated carbocycles. The normalized spacial score (nSPS) is 18.8. The summed E-state index contributed by atoms with van der Waals surface area (Å²) >= 11 is 0. The predicted octanol–water partition coefficient (Wildman–Crippen LogP) is 7.09. The number of rotatable bonds is 9. The molecule has 3 rings (SSSR count). The first kappa shape index (κ1) is 33.9. The van der Waals surface area contributed by atoms with Gasteiger partial charge in [0.15, 0.2) is 0 Å². The fourth-order valence-corrected chi connectivity index (χ4v) is 4.76. The fourth-order valence-electron chi connectivity index (χ4n) is 4.76. The number of nitrogens with one attached hydrogen (secondary N) is 1. The van der Waals surface area contributed by atoms with E-state index in [1.165, 1.54) is 62.9 Å². The van der Waals surface area contributed by atoms with Crippen LogP contribution in [0.2, 0.25) is 0 Å². The second-order valence-electron chi connectivity index (χ2n) is 9.51. The molecule has 0 aliphatic carbocycles. The lowest BCUT2D eigenvalue weighted by atomic mass is 10.1. The van der Waals surface area contributed by atoms with E-state index in [1.54, 1.807) is 0 Å². The number of aryl methyl sites for hydroxylation is 1. The first-order valence-electron chi connectivity index (χ1n) is 14.5. The molecule has 2 unspecified atom stereocenters. The maximum atomic E-state index is 5.99. The van der Waals surface area contributed by atoms with Crippen LogP contribution in [0.1, 0.15) is 99.5 Å². The molecule has 36 heavy (non-hydrogen) atoms. The number of nitrogens with zero attached hydrogens (tertiary/aromatic N) is 2. The molecular weight excluding hydrogens is 442 g/mol. The molecule has 0 radical (unpaired) electrons. The molecule has 0 spiro atoms. The Bertz CT molecular complexity index is 737. The first-order chi connectivity index (χ1) is 17.3. The molecule has 2 bridgehead atoms. The van der Waals surface area contributed by atoms with Crippen molar-refractivity contribution in [2.75, 3.05) is 30.8 Å². The molecule has 1 aromatic rings. The van der Waals surface area contributed by atoms with Crippen LogP contribution in [0, 0.1) is 0 Å². The van der Waals surface area contributed by atoms with E-state index in [4.69, 9.17) is 11.5 Å². The van der Waals surface area contributed by atoms with Gasteiger partial charge in [-0.05, 0) is 75.4 Å². The number of benzene rings is 1. The number of hydrogen-bond acceptors (Lipinski definition) is 5. The zero-order valence-corrected chi connectivity index (χ0v) is 25.2. The van der Waals surface area contributed by atoms with Gasteiger partial charge in [0.1, 0.15) is 0 Å². The molecule has 0 aromatic heterocycles. The zero-order chi connectivity index (χ0) is 27.7. The highest BCUT2D eigenvalue weighted by Crippen LogP contribution is 2.32. The molecule has 5 N–H and O–H groups in total. The zero-order valence-electron chi connectivity index (χ0n) is 25.2. The van der Waals surface area contributed by atoms with Crippen molar-refractivity contribution in [1.82, 2.24) is 10.2 Å². The Kier molecular flexibility index (Phi) is 17.9. The quantitative estimate of drug-likeness (QED) is 0.249. The van der Waals surface area contributed by atoms with Crippen LogP contribution in [0.25, 0.3) is 0 Å². The molecule has 0 amide bonds. The smallest absolute Gasteiger partial charge is 0.0497 e. The van der Waals surface area contributed by atoms with Crippen molar-refractivity contribution in [3.05, 3.63) is 47.8 Å². The van der Waals surface area contributed by atoms with Crippen LogP contribution in [-0.2, 0) is 6.42 Å². The van der Waals surface area contributed by atoms with Gasteiger partial charge in [0.25, 0.3) is 0 Å². The highest BCUT2D eigenvalue weighted by Gasteiger charge is 2.37. The molecular formula is C31H59N5. The van der Waals surface area contributed by atoms with Gasteiger partial charge >= 0.3 is 0 Å². The number of fused-ring (bicyclic) bond motifs is 2. The number of piperazine rings is 1. The average Bonchev–Trinajstić information content (AvgIpc) is 3.09. The van der Waals surface area contributed by atoms with Gasteiger partial charge in [-0.1, -0.05) is 67.9 Å². The minimum absolute atomic E-state index is 0.558. The highest BCUT2D eigenvalue weighted by molar-refractivity contribution is 5.59. The number of nitrogen functional groups attached to an aromatic ring is 1. The van der Waals surface area contributed by atoms with Crippen LogP contribution in [0.15, 0.2) is 42.2 Å². The van der Waals surface area contributed by atoms with Crippen LogP contribution in [0.3, 0.4) is 0 Å². The molecule has 5 nitrogen and oxygen atoms in total. The number of hydrogen-bond donors (Lipinski definition) is 3. The van der Waals surface area contributed by atoms with Crippen molar-refractivity contribution in [3.8, 4) is 0 Å². The molecule has 5 heteroatoms. The molecule has 2 aliphatic heterocycles. The predicted molar refractivity (Wildman–Crippen MR) is 164 cm³/mol. The summed E-state index contributed by atoms with van der Waals surface area (Å²) in [6.45, 7) is 22.6. The van der Waals surface area contributed by atoms with E-state index in [2.05, 4.69) is 67.7 Å². The largest absolute Gasteiger partial charge is 0.399 e. The summed E-state index contributed by atoms with van der Waals surface area (Å²) in [6.07, 6.45) is 10.4. The van der Waals surface area contributed by atoms with Crippen LogP contribution in [0.4, 0.5) is 11.4 Å². The fraction of sp³-hybridized carbons (Fsp3) is 0.677. The number of likely N-dealkylation sites (N-methyl/N-ethyl adjacent to an activating group) is 1. The van der Waals surface area contributed by atoms with Crippen molar-refractivity contribution < 1.29 is 0 Å². The second kappa shape index (κ2) is 19.0. The number of allylic oxidation sites excluding steroid dienone is 1. The maximum Gasteiger partial charge on any atom is 0.0497 e. The van der Waals surface area contributed by atoms with E-state index in [1.807, 2.05) is 40.8 Å². The summed E-state index contributed by atoms with van der Waals surface area (Å²) in [4.78, 5) is 5.11.